The third kappa shape index (κ3) is 2.18. The highest BCUT2D eigenvalue weighted by molar-refractivity contribution is 7.71. The van der Waals surface area contributed by atoms with E-state index in [0.29, 0.717) is 11.0 Å². The maximum atomic E-state index is 12.3. The fourth-order valence-corrected chi connectivity index (χ4v) is 3.37. The second-order valence-corrected chi connectivity index (χ2v) is 7.58. The molecule has 0 saturated heterocycles. The van der Waals surface area contributed by atoms with Crippen molar-refractivity contribution in [1.82, 2.24) is 9.97 Å². The van der Waals surface area contributed by atoms with E-state index >= 15 is 0 Å². The molecule has 0 aliphatic carbocycles. The zero-order chi connectivity index (χ0) is 12.6. The van der Waals surface area contributed by atoms with Crippen LogP contribution in [-0.4, -0.2) is 23.3 Å². The van der Waals surface area contributed by atoms with Crippen LogP contribution in [0.1, 0.15) is 12.7 Å². The average Bonchev–Trinajstić information content (AvgIpc) is 2.26. The molecule has 0 atom stereocenters. The minimum absolute atomic E-state index is 0.554. The van der Waals surface area contributed by atoms with E-state index < -0.39 is 7.14 Å². The summed E-state index contributed by atoms with van der Waals surface area (Å²) in [6.07, 6.45) is 2.51. The van der Waals surface area contributed by atoms with Gasteiger partial charge in [-0.3, -0.25) is 0 Å². The van der Waals surface area contributed by atoms with Crippen LogP contribution in [0.15, 0.2) is 18.3 Å². The van der Waals surface area contributed by atoms with Crippen molar-refractivity contribution in [2.45, 2.75) is 13.3 Å². The Hall–Kier alpha value is -1.41. The average molecular weight is 249 g/mol. The summed E-state index contributed by atoms with van der Waals surface area (Å²) in [5, 5.41) is 1.49. The second kappa shape index (κ2) is 4.11. The van der Waals surface area contributed by atoms with Crippen molar-refractivity contribution < 1.29 is 4.57 Å². The lowest BCUT2D eigenvalue weighted by Gasteiger charge is -2.13. The first-order valence-electron chi connectivity index (χ1n) is 5.53. The molecule has 0 radical (unpaired) electrons. The molecule has 0 bridgehead atoms. The van der Waals surface area contributed by atoms with Gasteiger partial charge in [0.2, 0.25) is 0 Å². The van der Waals surface area contributed by atoms with Gasteiger partial charge in [0.15, 0.2) is 0 Å². The van der Waals surface area contributed by atoms with Crippen molar-refractivity contribution in [3.63, 3.8) is 0 Å². The van der Waals surface area contributed by atoms with E-state index in [9.17, 15) is 4.57 Å². The lowest BCUT2D eigenvalue weighted by atomic mass is 10.2. The minimum Gasteiger partial charge on any atom is -0.398 e. The largest absolute Gasteiger partial charge is 0.398 e. The molecule has 2 aromatic rings. The third-order valence-corrected chi connectivity index (χ3v) is 4.25. The summed E-state index contributed by atoms with van der Waals surface area (Å²) in [6.45, 7) is 5.43. The number of fused-ring (bicyclic) bond motifs is 1. The van der Waals surface area contributed by atoms with Crippen molar-refractivity contribution in [3.05, 3.63) is 24.2 Å². The summed E-state index contributed by atoms with van der Waals surface area (Å²) in [6, 6.07) is 3.62. The van der Waals surface area contributed by atoms with Gasteiger partial charge in [-0.15, -0.1) is 0 Å². The zero-order valence-electron chi connectivity index (χ0n) is 10.3. The number of hydrogen-bond acceptors (Lipinski definition) is 4. The van der Waals surface area contributed by atoms with E-state index in [-0.39, 0.29) is 0 Å². The topological polar surface area (TPSA) is 68.9 Å². The second-order valence-electron chi connectivity index (χ2n) is 4.43. The number of anilines is 1. The maximum Gasteiger partial charge on any atom is 0.128 e. The lowest BCUT2D eigenvalue weighted by Crippen LogP contribution is -2.12. The highest BCUT2D eigenvalue weighted by Crippen LogP contribution is 2.39. The Morgan fingerprint density at radius 2 is 2.06 bits per heavy atom. The van der Waals surface area contributed by atoms with Crippen LogP contribution in [0.4, 0.5) is 5.69 Å². The number of nitrogens with two attached hydrogens (primary N) is 1. The highest BCUT2D eigenvalue weighted by atomic mass is 31.2. The van der Waals surface area contributed by atoms with Crippen LogP contribution in [0.2, 0.25) is 0 Å². The molecule has 0 amide bonds. The quantitative estimate of drug-likeness (QED) is 0.653. The van der Waals surface area contributed by atoms with E-state index in [1.807, 2.05) is 13.0 Å². The van der Waals surface area contributed by atoms with Gasteiger partial charge in [0.05, 0.1) is 5.52 Å². The molecule has 1 heterocycles. The number of rotatable bonds is 2. The van der Waals surface area contributed by atoms with E-state index in [2.05, 4.69) is 9.97 Å². The van der Waals surface area contributed by atoms with Crippen molar-refractivity contribution in [3.8, 4) is 0 Å². The minimum atomic E-state index is -2.43. The molecule has 90 valence electrons. The number of hydrogen-bond donors (Lipinski definition) is 1. The molecule has 5 heteroatoms. The first kappa shape index (κ1) is 12.1. The normalized spacial score (nSPS) is 11.9. The Bertz CT molecular complexity index is 618. The summed E-state index contributed by atoms with van der Waals surface area (Å²) in [5.74, 6) is 0.787. The molecule has 0 aliphatic heterocycles. The number of aromatic nitrogens is 2. The summed E-state index contributed by atoms with van der Waals surface area (Å²) in [5.41, 5.74) is 7.28. The van der Waals surface area contributed by atoms with Crippen LogP contribution in [-0.2, 0) is 11.0 Å². The molecule has 0 aliphatic rings. The molecule has 0 fully saturated rings. The highest BCUT2D eigenvalue weighted by Gasteiger charge is 2.19. The first-order valence-corrected chi connectivity index (χ1v) is 8.13. The summed E-state index contributed by atoms with van der Waals surface area (Å²) >= 11 is 0. The number of benzene rings is 1. The van der Waals surface area contributed by atoms with Crippen LogP contribution < -0.4 is 11.0 Å². The van der Waals surface area contributed by atoms with Crippen molar-refractivity contribution in [1.29, 1.82) is 0 Å². The zero-order valence-corrected chi connectivity index (χ0v) is 11.2. The van der Waals surface area contributed by atoms with Crippen molar-refractivity contribution in [2.75, 3.05) is 19.1 Å². The Labute approximate surface area is 101 Å². The standard InChI is InChI=1S/C12H16N3OP/c1-4-11-14-7-8-10(15-11)6-5-9(13)12(8)17(2,3)16/h5-7H,4,13H2,1-3H3. The molecule has 4 nitrogen and oxygen atoms in total. The fourth-order valence-electron chi connectivity index (χ4n) is 1.92. The van der Waals surface area contributed by atoms with Gasteiger partial charge < -0.3 is 10.3 Å². The van der Waals surface area contributed by atoms with Crippen LogP contribution in [0, 0.1) is 0 Å². The molecule has 2 rings (SSSR count). The van der Waals surface area contributed by atoms with E-state index in [0.717, 1.165) is 23.1 Å². The Balaban J connectivity index is 2.83. The van der Waals surface area contributed by atoms with Gasteiger partial charge >= 0.3 is 0 Å². The van der Waals surface area contributed by atoms with Gasteiger partial charge in [-0.2, -0.15) is 0 Å². The number of aryl methyl sites for hydroxylation is 1. The molecule has 1 aromatic heterocycles. The summed E-state index contributed by atoms with van der Waals surface area (Å²) < 4.78 is 12.3. The molecule has 2 N–H and O–H groups in total. The van der Waals surface area contributed by atoms with Gasteiger partial charge in [-0.25, -0.2) is 9.97 Å². The third-order valence-electron chi connectivity index (χ3n) is 2.67. The molecular weight excluding hydrogens is 233 g/mol. The van der Waals surface area contributed by atoms with Crippen LogP contribution >= 0.6 is 7.14 Å². The predicted octanol–water partition coefficient (Wildman–Crippen LogP) is 2.02. The van der Waals surface area contributed by atoms with Crippen LogP contribution in [0.25, 0.3) is 10.9 Å². The number of nitrogen functional groups attached to an aromatic ring is 1. The van der Waals surface area contributed by atoms with Gasteiger partial charge in [0.1, 0.15) is 13.0 Å². The molecule has 17 heavy (non-hydrogen) atoms. The Morgan fingerprint density at radius 1 is 1.35 bits per heavy atom. The SMILES string of the molecule is CCc1ncc2c(P(C)(C)=O)c(N)ccc2n1. The van der Waals surface area contributed by atoms with E-state index in [1.54, 1.807) is 25.6 Å². The van der Waals surface area contributed by atoms with Crippen molar-refractivity contribution in [2.24, 2.45) is 0 Å². The van der Waals surface area contributed by atoms with Gasteiger partial charge in [-0.05, 0) is 25.5 Å². The maximum absolute atomic E-state index is 12.3. The van der Waals surface area contributed by atoms with Crippen molar-refractivity contribution >= 4 is 29.0 Å². The molecule has 0 unspecified atom stereocenters. The summed E-state index contributed by atoms with van der Waals surface area (Å²) in [7, 11) is -2.43. The first-order chi connectivity index (χ1) is 7.93. The predicted molar refractivity (Wildman–Crippen MR) is 72.4 cm³/mol. The van der Waals surface area contributed by atoms with E-state index in [4.69, 9.17) is 5.73 Å². The number of nitrogens with zero attached hydrogens (tertiary/aromatic N) is 2. The Kier molecular flexibility index (Phi) is 2.92. The van der Waals surface area contributed by atoms with Crippen LogP contribution in [0.5, 0.6) is 0 Å². The lowest BCUT2D eigenvalue weighted by molar-refractivity contribution is 0.588. The Morgan fingerprint density at radius 3 is 2.65 bits per heavy atom. The fraction of sp³-hybridized carbons (Fsp3) is 0.333. The molecule has 1 aromatic carbocycles. The molecule has 0 saturated carbocycles. The van der Waals surface area contributed by atoms with E-state index in [1.165, 1.54) is 0 Å². The monoisotopic (exact) mass is 249 g/mol. The molecular formula is C12H16N3OP. The van der Waals surface area contributed by atoms with Gasteiger partial charge in [-0.1, -0.05) is 6.92 Å². The molecule has 0 spiro atoms. The van der Waals surface area contributed by atoms with Gasteiger partial charge in [0.25, 0.3) is 0 Å². The van der Waals surface area contributed by atoms with Crippen LogP contribution in [0.3, 0.4) is 0 Å². The smallest absolute Gasteiger partial charge is 0.128 e. The summed E-state index contributed by atoms with van der Waals surface area (Å²) in [4.78, 5) is 8.67. The van der Waals surface area contributed by atoms with Gasteiger partial charge in [0, 0.05) is 29.0 Å².